The molecule has 9 heteroatoms. The van der Waals surface area contributed by atoms with Gasteiger partial charge in [0, 0.05) is 6.04 Å². The van der Waals surface area contributed by atoms with E-state index in [4.69, 9.17) is 0 Å². The van der Waals surface area contributed by atoms with E-state index in [-0.39, 0.29) is 34.0 Å². The van der Waals surface area contributed by atoms with Gasteiger partial charge in [0.25, 0.3) is 15.9 Å². The van der Waals surface area contributed by atoms with E-state index < -0.39 is 15.9 Å². The van der Waals surface area contributed by atoms with E-state index in [1.54, 1.807) is 23.6 Å². The van der Waals surface area contributed by atoms with Gasteiger partial charge in [0.1, 0.15) is 4.21 Å². The first-order valence-electron chi connectivity index (χ1n) is 7.68. The lowest BCUT2D eigenvalue weighted by molar-refractivity contribution is -0.120. The number of anilines is 1. The average molecular weight is 379 g/mol. The molecule has 7 nitrogen and oxygen atoms in total. The van der Waals surface area contributed by atoms with Gasteiger partial charge in [-0.3, -0.25) is 14.3 Å². The van der Waals surface area contributed by atoms with Crippen molar-refractivity contribution in [1.82, 2.24) is 10.6 Å². The fraction of sp³-hybridized carbons (Fsp3) is 0.250. The molecule has 3 rings (SSSR count). The molecule has 2 aromatic rings. The van der Waals surface area contributed by atoms with Crippen LogP contribution in [0, 0.1) is 0 Å². The molecular weight excluding hydrogens is 362 g/mol. The highest BCUT2D eigenvalue weighted by Gasteiger charge is 2.24. The highest BCUT2D eigenvalue weighted by atomic mass is 32.2. The second-order valence-corrected chi connectivity index (χ2v) is 8.46. The Kier molecular flexibility index (Phi) is 5.05. The number of hydrogen-bond acceptors (Lipinski definition) is 5. The largest absolute Gasteiger partial charge is 0.352 e. The van der Waals surface area contributed by atoms with Crippen LogP contribution in [0.2, 0.25) is 0 Å². The molecule has 1 aliphatic carbocycles. The van der Waals surface area contributed by atoms with Crippen molar-refractivity contribution < 1.29 is 18.0 Å². The van der Waals surface area contributed by atoms with Gasteiger partial charge in [-0.15, -0.1) is 11.3 Å². The van der Waals surface area contributed by atoms with Gasteiger partial charge in [-0.2, -0.15) is 0 Å². The van der Waals surface area contributed by atoms with Crippen LogP contribution in [0.25, 0.3) is 0 Å². The molecular formula is C16H17N3O4S2. The Morgan fingerprint density at radius 2 is 1.88 bits per heavy atom. The summed E-state index contributed by atoms with van der Waals surface area (Å²) in [5.41, 5.74) is 0.317. The number of thiophene rings is 1. The smallest absolute Gasteiger partial charge is 0.271 e. The number of amides is 2. The number of carbonyl (C=O) groups excluding carboxylic acids is 2. The van der Waals surface area contributed by atoms with E-state index >= 15 is 0 Å². The van der Waals surface area contributed by atoms with Crippen LogP contribution in [-0.4, -0.2) is 32.8 Å². The molecule has 25 heavy (non-hydrogen) atoms. The Labute approximate surface area is 149 Å². The van der Waals surface area contributed by atoms with E-state index in [1.165, 1.54) is 18.2 Å². The molecule has 0 saturated heterocycles. The predicted molar refractivity (Wildman–Crippen MR) is 95.1 cm³/mol. The summed E-state index contributed by atoms with van der Waals surface area (Å²) in [5.74, 6) is -0.775. The van der Waals surface area contributed by atoms with Crippen LogP contribution in [0.4, 0.5) is 5.69 Å². The summed E-state index contributed by atoms with van der Waals surface area (Å²) in [5, 5.41) is 6.94. The zero-order valence-corrected chi connectivity index (χ0v) is 14.8. The van der Waals surface area contributed by atoms with E-state index in [0.29, 0.717) is 0 Å². The maximum Gasteiger partial charge on any atom is 0.271 e. The average Bonchev–Trinajstić information content (AvgIpc) is 3.20. The fourth-order valence-corrected chi connectivity index (χ4v) is 4.22. The van der Waals surface area contributed by atoms with Gasteiger partial charge in [-0.05, 0) is 36.4 Å². The highest BCUT2D eigenvalue weighted by Crippen LogP contribution is 2.23. The molecule has 2 amide bonds. The molecule has 0 aliphatic heterocycles. The molecule has 1 aliphatic rings. The molecule has 0 unspecified atom stereocenters. The molecule has 1 heterocycles. The standard InChI is InChI=1S/C16H17N3O4S2/c20-14(18-11-7-8-11)10-17-16(21)12-4-1-2-5-13(12)19-25(22,23)15-6-3-9-24-15/h1-6,9,11,19H,7-8,10H2,(H,17,21)(H,18,20). The van der Waals surface area contributed by atoms with E-state index in [9.17, 15) is 18.0 Å². The zero-order chi connectivity index (χ0) is 17.9. The second kappa shape index (κ2) is 7.24. The molecule has 0 atom stereocenters. The van der Waals surface area contributed by atoms with Crippen LogP contribution in [-0.2, 0) is 14.8 Å². The molecule has 0 spiro atoms. The lowest BCUT2D eigenvalue weighted by Gasteiger charge is -2.12. The predicted octanol–water partition coefficient (Wildman–Crippen LogP) is 1.56. The van der Waals surface area contributed by atoms with Gasteiger partial charge in [0.15, 0.2) is 0 Å². The van der Waals surface area contributed by atoms with Crippen molar-refractivity contribution in [2.75, 3.05) is 11.3 Å². The van der Waals surface area contributed by atoms with Crippen LogP contribution < -0.4 is 15.4 Å². The Bertz CT molecular complexity index is 875. The van der Waals surface area contributed by atoms with Gasteiger partial charge < -0.3 is 10.6 Å². The highest BCUT2D eigenvalue weighted by molar-refractivity contribution is 7.94. The minimum atomic E-state index is -3.76. The van der Waals surface area contributed by atoms with Crippen LogP contribution in [0.1, 0.15) is 23.2 Å². The number of benzene rings is 1. The monoisotopic (exact) mass is 379 g/mol. The van der Waals surface area contributed by atoms with Crippen molar-refractivity contribution in [3.63, 3.8) is 0 Å². The SMILES string of the molecule is O=C(CNC(=O)c1ccccc1NS(=O)(=O)c1cccs1)NC1CC1. The first kappa shape index (κ1) is 17.4. The number of sulfonamides is 1. The molecule has 1 saturated carbocycles. The first-order chi connectivity index (χ1) is 12.0. The third-order valence-corrected chi connectivity index (χ3v) is 6.29. The third-order valence-electron chi connectivity index (χ3n) is 3.53. The van der Waals surface area contributed by atoms with Gasteiger partial charge in [-0.25, -0.2) is 8.42 Å². The van der Waals surface area contributed by atoms with Crippen LogP contribution >= 0.6 is 11.3 Å². The van der Waals surface area contributed by atoms with E-state index in [1.807, 2.05) is 0 Å². The minimum Gasteiger partial charge on any atom is -0.352 e. The molecule has 1 fully saturated rings. The van der Waals surface area contributed by atoms with Crippen molar-refractivity contribution in [2.45, 2.75) is 23.1 Å². The molecule has 0 bridgehead atoms. The van der Waals surface area contributed by atoms with Crippen LogP contribution in [0.15, 0.2) is 46.0 Å². The van der Waals surface area contributed by atoms with E-state index in [2.05, 4.69) is 15.4 Å². The zero-order valence-electron chi connectivity index (χ0n) is 13.2. The first-order valence-corrected chi connectivity index (χ1v) is 10.0. The van der Waals surface area contributed by atoms with Gasteiger partial charge in [0.05, 0.1) is 17.8 Å². The Morgan fingerprint density at radius 3 is 2.56 bits per heavy atom. The second-order valence-electron chi connectivity index (χ2n) is 5.61. The summed E-state index contributed by atoms with van der Waals surface area (Å²) in [6, 6.07) is 9.60. The van der Waals surface area contributed by atoms with Crippen molar-refractivity contribution in [2.24, 2.45) is 0 Å². The van der Waals surface area contributed by atoms with E-state index in [0.717, 1.165) is 24.2 Å². The van der Waals surface area contributed by atoms with Crippen molar-refractivity contribution in [3.05, 3.63) is 47.3 Å². The number of hydrogen-bond donors (Lipinski definition) is 3. The maximum absolute atomic E-state index is 12.3. The lowest BCUT2D eigenvalue weighted by atomic mass is 10.1. The summed E-state index contributed by atoms with van der Waals surface area (Å²) in [4.78, 5) is 24.0. The minimum absolute atomic E-state index is 0.151. The summed E-state index contributed by atoms with van der Waals surface area (Å²) in [6.07, 6.45) is 1.93. The summed E-state index contributed by atoms with van der Waals surface area (Å²) in [6.45, 7) is -0.151. The molecule has 1 aromatic heterocycles. The number of para-hydroxylation sites is 1. The van der Waals surface area contributed by atoms with Crippen molar-refractivity contribution >= 4 is 38.9 Å². The third kappa shape index (κ3) is 4.58. The molecule has 1 aromatic carbocycles. The summed E-state index contributed by atoms with van der Waals surface area (Å²) < 4.78 is 27.3. The summed E-state index contributed by atoms with van der Waals surface area (Å²) >= 11 is 1.09. The van der Waals surface area contributed by atoms with Gasteiger partial charge in [0.2, 0.25) is 5.91 Å². The fourth-order valence-electron chi connectivity index (χ4n) is 2.14. The quantitative estimate of drug-likeness (QED) is 0.679. The number of rotatable bonds is 7. The molecule has 132 valence electrons. The number of carbonyl (C=O) groups is 2. The van der Waals surface area contributed by atoms with Gasteiger partial charge >= 0.3 is 0 Å². The Morgan fingerprint density at radius 1 is 1.12 bits per heavy atom. The molecule has 3 N–H and O–H groups in total. The van der Waals surface area contributed by atoms with Crippen LogP contribution in [0.3, 0.4) is 0 Å². The van der Waals surface area contributed by atoms with Gasteiger partial charge in [-0.1, -0.05) is 18.2 Å². The van der Waals surface area contributed by atoms with Crippen molar-refractivity contribution in [3.8, 4) is 0 Å². The van der Waals surface area contributed by atoms with Crippen molar-refractivity contribution in [1.29, 1.82) is 0 Å². The number of nitrogens with one attached hydrogen (secondary N) is 3. The Hall–Kier alpha value is -2.39. The normalized spacial score (nSPS) is 13.9. The summed E-state index contributed by atoms with van der Waals surface area (Å²) in [7, 11) is -3.76. The topological polar surface area (TPSA) is 104 Å². The maximum atomic E-state index is 12.3. The molecule has 0 radical (unpaired) electrons. The lowest BCUT2D eigenvalue weighted by Crippen LogP contribution is -2.38. The Balaban J connectivity index is 1.69. The van der Waals surface area contributed by atoms with Crippen LogP contribution in [0.5, 0.6) is 0 Å².